The second-order valence-corrected chi connectivity index (χ2v) is 7.59. The van der Waals surface area contributed by atoms with E-state index in [1.807, 2.05) is 6.92 Å². The van der Waals surface area contributed by atoms with E-state index in [0.717, 1.165) is 5.56 Å². The highest BCUT2D eigenvalue weighted by molar-refractivity contribution is 7.92. The number of ether oxygens (including phenoxy) is 1. The van der Waals surface area contributed by atoms with E-state index in [1.54, 1.807) is 72.8 Å². The zero-order chi connectivity index (χ0) is 17.9. The number of sulfonamides is 1. The Morgan fingerprint density at radius 2 is 1.52 bits per heavy atom. The van der Waals surface area contributed by atoms with Crippen LogP contribution in [-0.2, 0) is 10.0 Å². The first kappa shape index (κ1) is 17.3. The zero-order valence-corrected chi connectivity index (χ0v) is 15.0. The van der Waals surface area contributed by atoms with Gasteiger partial charge >= 0.3 is 0 Å². The summed E-state index contributed by atoms with van der Waals surface area (Å²) in [5, 5.41) is 0.598. The minimum absolute atomic E-state index is 0.194. The van der Waals surface area contributed by atoms with Crippen LogP contribution in [0.3, 0.4) is 0 Å². The van der Waals surface area contributed by atoms with Crippen LogP contribution < -0.4 is 9.46 Å². The van der Waals surface area contributed by atoms with Gasteiger partial charge < -0.3 is 4.74 Å². The fourth-order valence-corrected chi connectivity index (χ4v) is 3.39. The van der Waals surface area contributed by atoms with Gasteiger partial charge in [0.05, 0.1) is 10.6 Å². The Bertz CT molecular complexity index is 968. The number of aryl methyl sites for hydroxylation is 1. The van der Waals surface area contributed by atoms with Gasteiger partial charge in [0, 0.05) is 5.02 Å². The summed E-state index contributed by atoms with van der Waals surface area (Å²) in [5.74, 6) is 0.965. The van der Waals surface area contributed by atoms with Crippen LogP contribution in [0.1, 0.15) is 5.56 Å². The van der Waals surface area contributed by atoms with Gasteiger partial charge in [-0.05, 0) is 55.5 Å². The molecule has 0 amide bonds. The van der Waals surface area contributed by atoms with Crippen LogP contribution in [0.2, 0.25) is 5.02 Å². The van der Waals surface area contributed by atoms with Crippen molar-refractivity contribution in [3.8, 4) is 11.5 Å². The second kappa shape index (κ2) is 7.17. The van der Waals surface area contributed by atoms with Crippen LogP contribution in [0.15, 0.2) is 77.7 Å². The first-order chi connectivity index (χ1) is 11.9. The molecule has 0 aliphatic heterocycles. The van der Waals surface area contributed by atoms with E-state index in [9.17, 15) is 8.42 Å². The maximum Gasteiger partial charge on any atom is 0.262 e. The summed E-state index contributed by atoms with van der Waals surface area (Å²) in [6.07, 6.45) is 0. The van der Waals surface area contributed by atoms with Crippen molar-refractivity contribution in [2.45, 2.75) is 11.8 Å². The van der Waals surface area contributed by atoms with Crippen LogP contribution in [0, 0.1) is 6.92 Å². The van der Waals surface area contributed by atoms with E-state index >= 15 is 0 Å². The van der Waals surface area contributed by atoms with Gasteiger partial charge in [-0.2, -0.15) is 0 Å². The molecule has 3 aromatic rings. The number of rotatable bonds is 5. The van der Waals surface area contributed by atoms with Crippen LogP contribution in [0.4, 0.5) is 5.69 Å². The topological polar surface area (TPSA) is 55.4 Å². The number of anilines is 1. The van der Waals surface area contributed by atoms with Gasteiger partial charge in [0.1, 0.15) is 5.75 Å². The molecule has 3 aromatic carbocycles. The molecule has 3 rings (SSSR count). The van der Waals surface area contributed by atoms with Crippen LogP contribution in [0.5, 0.6) is 11.5 Å². The molecule has 0 bridgehead atoms. The second-order valence-electron chi connectivity index (χ2n) is 5.47. The van der Waals surface area contributed by atoms with Crippen LogP contribution in [-0.4, -0.2) is 8.42 Å². The fraction of sp³-hybridized carbons (Fsp3) is 0.0526. The van der Waals surface area contributed by atoms with Gasteiger partial charge in [0.25, 0.3) is 10.0 Å². The Labute approximate surface area is 152 Å². The predicted octanol–water partition coefficient (Wildman–Crippen LogP) is 5.24. The molecular formula is C19H16ClNO3S. The molecule has 0 spiro atoms. The molecule has 128 valence electrons. The number of hydrogen-bond acceptors (Lipinski definition) is 3. The molecule has 0 aliphatic carbocycles. The summed E-state index contributed by atoms with van der Waals surface area (Å²) in [6, 6.07) is 20.3. The van der Waals surface area contributed by atoms with E-state index < -0.39 is 10.0 Å². The van der Waals surface area contributed by atoms with Crippen molar-refractivity contribution in [3.63, 3.8) is 0 Å². The minimum Gasteiger partial charge on any atom is -0.455 e. The van der Waals surface area contributed by atoms with Crippen molar-refractivity contribution in [1.29, 1.82) is 0 Å². The van der Waals surface area contributed by atoms with Crippen LogP contribution >= 0.6 is 11.6 Å². The molecule has 1 N–H and O–H groups in total. The Morgan fingerprint density at radius 1 is 0.880 bits per heavy atom. The predicted molar refractivity (Wildman–Crippen MR) is 100.0 cm³/mol. The normalized spacial score (nSPS) is 11.1. The van der Waals surface area contributed by atoms with Gasteiger partial charge in [0.15, 0.2) is 5.75 Å². The van der Waals surface area contributed by atoms with Crippen molar-refractivity contribution in [2.75, 3.05) is 4.72 Å². The molecule has 0 unspecified atom stereocenters. The van der Waals surface area contributed by atoms with Crippen molar-refractivity contribution < 1.29 is 13.2 Å². The summed E-state index contributed by atoms with van der Waals surface area (Å²) < 4.78 is 33.5. The van der Waals surface area contributed by atoms with Crippen molar-refractivity contribution >= 4 is 27.3 Å². The van der Waals surface area contributed by atoms with Crippen molar-refractivity contribution in [1.82, 2.24) is 0 Å². The molecule has 6 heteroatoms. The summed E-state index contributed by atoms with van der Waals surface area (Å²) >= 11 is 5.86. The first-order valence-corrected chi connectivity index (χ1v) is 9.42. The fourth-order valence-electron chi connectivity index (χ4n) is 2.19. The van der Waals surface area contributed by atoms with Gasteiger partial charge in [-0.3, -0.25) is 4.72 Å². The molecule has 0 heterocycles. The monoisotopic (exact) mass is 373 g/mol. The summed E-state index contributed by atoms with van der Waals surface area (Å²) in [6.45, 7) is 1.90. The lowest BCUT2D eigenvalue weighted by molar-refractivity contribution is 0.485. The Morgan fingerprint density at radius 3 is 2.20 bits per heavy atom. The molecule has 25 heavy (non-hydrogen) atoms. The van der Waals surface area contributed by atoms with E-state index in [0.29, 0.717) is 22.2 Å². The zero-order valence-electron chi connectivity index (χ0n) is 13.4. The Hall–Kier alpha value is -2.50. The lowest BCUT2D eigenvalue weighted by Gasteiger charge is -2.13. The molecular weight excluding hydrogens is 358 g/mol. The van der Waals surface area contributed by atoms with Crippen molar-refractivity contribution in [3.05, 3.63) is 83.4 Å². The van der Waals surface area contributed by atoms with E-state index in [1.165, 1.54) is 0 Å². The number of para-hydroxylation sites is 2. The van der Waals surface area contributed by atoms with Gasteiger partial charge in [-0.15, -0.1) is 0 Å². The van der Waals surface area contributed by atoms with Gasteiger partial charge in [0.2, 0.25) is 0 Å². The smallest absolute Gasteiger partial charge is 0.262 e. The summed E-state index contributed by atoms with van der Waals surface area (Å²) in [7, 11) is -3.70. The number of nitrogens with one attached hydrogen (secondary N) is 1. The third-order valence-corrected chi connectivity index (χ3v) is 5.14. The molecule has 0 saturated heterocycles. The Balaban J connectivity index is 1.87. The van der Waals surface area contributed by atoms with Gasteiger partial charge in [-0.1, -0.05) is 41.4 Å². The van der Waals surface area contributed by atoms with E-state index in [2.05, 4.69) is 4.72 Å². The maximum atomic E-state index is 12.6. The first-order valence-electron chi connectivity index (χ1n) is 7.56. The molecule has 0 aromatic heterocycles. The summed E-state index contributed by atoms with van der Waals surface area (Å²) in [5.41, 5.74) is 1.35. The van der Waals surface area contributed by atoms with E-state index in [4.69, 9.17) is 16.3 Å². The lowest BCUT2D eigenvalue weighted by Crippen LogP contribution is -2.13. The molecule has 0 radical (unpaired) electrons. The molecule has 0 atom stereocenters. The molecule has 4 nitrogen and oxygen atoms in total. The highest BCUT2D eigenvalue weighted by Crippen LogP contribution is 2.31. The number of hydrogen-bond donors (Lipinski definition) is 1. The average Bonchev–Trinajstić information content (AvgIpc) is 2.59. The summed E-state index contributed by atoms with van der Waals surface area (Å²) in [4.78, 5) is 0.194. The largest absolute Gasteiger partial charge is 0.455 e. The lowest BCUT2D eigenvalue weighted by atomic mass is 10.2. The highest BCUT2D eigenvalue weighted by atomic mass is 35.5. The molecule has 0 fully saturated rings. The maximum absolute atomic E-state index is 12.6. The number of benzene rings is 3. The third-order valence-electron chi connectivity index (χ3n) is 3.50. The highest BCUT2D eigenvalue weighted by Gasteiger charge is 2.16. The average molecular weight is 374 g/mol. The Kier molecular flexibility index (Phi) is 4.97. The molecule has 0 aliphatic rings. The third kappa shape index (κ3) is 4.32. The van der Waals surface area contributed by atoms with Gasteiger partial charge in [-0.25, -0.2) is 8.42 Å². The standard InChI is InChI=1S/C19H16ClNO3S/c1-14-6-12-17(13-7-14)25(22,23)21-18-4-2-3-5-19(18)24-16-10-8-15(20)9-11-16/h2-13,21H,1H3. The minimum atomic E-state index is -3.70. The SMILES string of the molecule is Cc1ccc(S(=O)(=O)Nc2ccccc2Oc2ccc(Cl)cc2)cc1. The van der Waals surface area contributed by atoms with Crippen molar-refractivity contribution in [2.24, 2.45) is 0 Å². The quantitative estimate of drug-likeness (QED) is 0.665. The molecule has 0 saturated carbocycles. The number of halogens is 1. The van der Waals surface area contributed by atoms with E-state index in [-0.39, 0.29) is 4.90 Å². The van der Waals surface area contributed by atoms with Crippen LogP contribution in [0.25, 0.3) is 0 Å².